The highest BCUT2D eigenvalue weighted by Crippen LogP contribution is 2.21. The van der Waals surface area contributed by atoms with Crippen LogP contribution in [-0.2, 0) is 22.2 Å². The molecule has 0 radical (unpaired) electrons. The van der Waals surface area contributed by atoms with E-state index >= 15 is 0 Å². The summed E-state index contributed by atoms with van der Waals surface area (Å²) in [5.74, 6) is -0.124. The molecule has 7 heteroatoms. The van der Waals surface area contributed by atoms with E-state index in [0.29, 0.717) is 0 Å². The molecule has 0 saturated carbocycles. The van der Waals surface area contributed by atoms with E-state index in [2.05, 4.69) is 17.2 Å². The van der Waals surface area contributed by atoms with E-state index in [-0.39, 0.29) is 18.2 Å². The summed E-state index contributed by atoms with van der Waals surface area (Å²) >= 11 is 0. The Hall–Kier alpha value is -1.08. The molecule has 0 fully saturated rings. The lowest BCUT2D eigenvalue weighted by Crippen LogP contribution is -2.16. The van der Waals surface area contributed by atoms with E-state index in [9.17, 15) is 8.42 Å². The van der Waals surface area contributed by atoms with E-state index in [4.69, 9.17) is 5.14 Å². The van der Waals surface area contributed by atoms with Crippen LogP contribution >= 0.6 is 12.4 Å². The smallest absolute Gasteiger partial charge is 0.213 e. The largest absolute Gasteiger partial charge is 0.361 e. The minimum Gasteiger partial charge on any atom is -0.361 e. The summed E-state index contributed by atoms with van der Waals surface area (Å²) < 4.78 is 22.3. The third kappa shape index (κ3) is 4.49. The monoisotopic (exact) mass is 317 g/mol. The van der Waals surface area contributed by atoms with Crippen molar-refractivity contribution in [1.29, 1.82) is 0 Å². The number of aromatic nitrogens is 1. The molecule has 5 nitrogen and oxygen atoms in total. The number of hydrogen-bond acceptors (Lipinski definition) is 3. The van der Waals surface area contributed by atoms with Crippen LogP contribution in [0.4, 0.5) is 0 Å². The second kappa shape index (κ2) is 7.08. The Balaban J connectivity index is 0.00000200. The van der Waals surface area contributed by atoms with Gasteiger partial charge in [0.1, 0.15) is 0 Å². The fourth-order valence-electron chi connectivity index (χ4n) is 2.15. The van der Waals surface area contributed by atoms with Crippen LogP contribution < -0.4 is 10.5 Å². The van der Waals surface area contributed by atoms with Crippen molar-refractivity contribution in [2.75, 3.05) is 13.1 Å². The lowest BCUT2D eigenvalue weighted by atomic mass is 10.1. The van der Waals surface area contributed by atoms with Crippen LogP contribution in [0.25, 0.3) is 10.9 Å². The number of halogens is 1. The molecule has 0 saturated heterocycles. The number of benzene rings is 1. The Labute approximate surface area is 125 Å². The highest BCUT2D eigenvalue weighted by Gasteiger charge is 2.08. The summed E-state index contributed by atoms with van der Waals surface area (Å²) in [5, 5.41) is 9.42. The highest BCUT2D eigenvalue weighted by molar-refractivity contribution is 7.88. The van der Waals surface area contributed by atoms with Crippen molar-refractivity contribution in [3.05, 3.63) is 35.5 Å². The van der Waals surface area contributed by atoms with Crippen LogP contribution in [0.1, 0.15) is 18.1 Å². The number of H-pyrrole nitrogens is 1. The van der Waals surface area contributed by atoms with Gasteiger partial charge >= 0.3 is 0 Å². The first-order valence-electron chi connectivity index (χ1n) is 6.29. The maximum absolute atomic E-state index is 11.1. The fraction of sp³-hybridized carbons (Fsp3) is 0.385. The van der Waals surface area contributed by atoms with Gasteiger partial charge < -0.3 is 10.3 Å². The number of primary sulfonamides is 1. The van der Waals surface area contributed by atoms with Crippen molar-refractivity contribution in [2.45, 2.75) is 19.1 Å². The van der Waals surface area contributed by atoms with E-state index < -0.39 is 10.0 Å². The van der Waals surface area contributed by atoms with Crippen molar-refractivity contribution in [1.82, 2.24) is 10.3 Å². The molecule has 0 unspecified atom stereocenters. The number of fused-ring (bicyclic) bond motifs is 1. The van der Waals surface area contributed by atoms with Crippen LogP contribution in [0.5, 0.6) is 0 Å². The molecule has 0 atom stereocenters. The number of rotatable bonds is 6. The molecule has 20 heavy (non-hydrogen) atoms. The van der Waals surface area contributed by atoms with E-state index in [1.165, 1.54) is 5.56 Å². The highest BCUT2D eigenvalue weighted by atomic mass is 35.5. The van der Waals surface area contributed by atoms with Gasteiger partial charge in [-0.3, -0.25) is 0 Å². The molecular weight excluding hydrogens is 298 g/mol. The second-order valence-electron chi connectivity index (χ2n) is 4.60. The SMILES string of the molecule is CCNCCc1c[nH]c2ccc(CS(N)(=O)=O)cc12.Cl. The van der Waals surface area contributed by atoms with Gasteiger partial charge in [-0.1, -0.05) is 13.0 Å². The quantitative estimate of drug-likeness (QED) is 0.706. The predicted molar refractivity (Wildman–Crippen MR) is 84.6 cm³/mol. The minimum absolute atomic E-state index is 0. The lowest BCUT2D eigenvalue weighted by molar-refractivity contribution is 0.597. The van der Waals surface area contributed by atoms with Gasteiger partial charge in [0.15, 0.2) is 0 Å². The topological polar surface area (TPSA) is 88.0 Å². The number of aromatic amines is 1. The van der Waals surface area contributed by atoms with Gasteiger partial charge in [0.05, 0.1) is 5.75 Å². The lowest BCUT2D eigenvalue weighted by Gasteiger charge is -2.03. The van der Waals surface area contributed by atoms with Crippen LogP contribution in [0.2, 0.25) is 0 Å². The molecule has 1 aromatic carbocycles. The normalized spacial score (nSPS) is 11.5. The maximum atomic E-state index is 11.1. The van der Waals surface area contributed by atoms with Gasteiger partial charge in [0, 0.05) is 17.1 Å². The number of sulfonamides is 1. The van der Waals surface area contributed by atoms with Crippen molar-refractivity contribution in [3.63, 3.8) is 0 Å². The Morgan fingerprint density at radius 2 is 2.10 bits per heavy atom. The average Bonchev–Trinajstić information content (AvgIpc) is 2.70. The molecule has 1 aromatic heterocycles. The van der Waals surface area contributed by atoms with Crippen LogP contribution in [0.15, 0.2) is 24.4 Å². The molecule has 0 aliphatic rings. The molecule has 2 aromatic rings. The van der Waals surface area contributed by atoms with Crippen molar-refractivity contribution in [3.8, 4) is 0 Å². The maximum Gasteiger partial charge on any atom is 0.213 e. The molecule has 0 amide bonds. The number of hydrogen-bond donors (Lipinski definition) is 3. The van der Waals surface area contributed by atoms with Gasteiger partial charge in [-0.2, -0.15) is 0 Å². The summed E-state index contributed by atoms with van der Waals surface area (Å²) in [4.78, 5) is 3.20. The zero-order valence-corrected chi connectivity index (χ0v) is 13.0. The molecule has 0 aliphatic carbocycles. The average molecular weight is 318 g/mol. The molecule has 4 N–H and O–H groups in total. The Morgan fingerprint density at radius 1 is 1.35 bits per heavy atom. The van der Waals surface area contributed by atoms with Crippen molar-refractivity contribution in [2.24, 2.45) is 5.14 Å². The van der Waals surface area contributed by atoms with Crippen LogP contribution in [-0.4, -0.2) is 26.5 Å². The Kier molecular flexibility index (Phi) is 6.01. The zero-order chi connectivity index (χ0) is 13.9. The first-order chi connectivity index (χ1) is 8.99. The molecule has 2 rings (SSSR count). The van der Waals surface area contributed by atoms with Gasteiger partial charge in [-0.15, -0.1) is 12.4 Å². The molecule has 1 heterocycles. The van der Waals surface area contributed by atoms with Crippen LogP contribution in [0, 0.1) is 0 Å². The third-order valence-corrected chi connectivity index (χ3v) is 3.76. The number of likely N-dealkylation sites (N-methyl/N-ethyl adjacent to an activating group) is 1. The molecule has 0 aliphatic heterocycles. The van der Waals surface area contributed by atoms with Crippen molar-refractivity contribution < 1.29 is 8.42 Å². The molecular formula is C13H20ClN3O2S. The zero-order valence-electron chi connectivity index (χ0n) is 11.3. The minimum atomic E-state index is -3.49. The van der Waals surface area contributed by atoms with E-state index in [0.717, 1.165) is 36.0 Å². The molecule has 0 bridgehead atoms. The summed E-state index contributed by atoms with van der Waals surface area (Å²) in [7, 11) is -3.49. The molecule has 0 spiro atoms. The first kappa shape index (κ1) is 17.0. The van der Waals surface area contributed by atoms with E-state index in [1.807, 2.05) is 18.3 Å². The van der Waals surface area contributed by atoms with E-state index in [1.54, 1.807) is 6.07 Å². The number of nitrogens with two attached hydrogens (primary N) is 1. The Morgan fingerprint density at radius 3 is 2.75 bits per heavy atom. The van der Waals surface area contributed by atoms with Crippen molar-refractivity contribution >= 4 is 33.3 Å². The van der Waals surface area contributed by atoms with Crippen LogP contribution in [0.3, 0.4) is 0 Å². The second-order valence-corrected chi connectivity index (χ2v) is 6.22. The van der Waals surface area contributed by atoms with Gasteiger partial charge in [-0.05, 0) is 42.8 Å². The fourth-order valence-corrected chi connectivity index (χ4v) is 2.80. The van der Waals surface area contributed by atoms with Gasteiger partial charge in [0.25, 0.3) is 0 Å². The van der Waals surface area contributed by atoms with Gasteiger partial charge in [-0.25, -0.2) is 13.6 Å². The summed E-state index contributed by atoms with van der Waals surface area (Å²) in [6.07, 6.45) is 2.88. The summed E-state index contributed by atoms with van der Waals surface area (Å²) in [6, 6.07) is 5.58. The standard InChI is InChI=1S/C13H19N3O2S.ClH/c1-2-15-6-5-11-8-16-13-4-3-10(7-12(11)13)9-19(14,17)18;/h3-4,7-8,15-16H,2,5-6,9H2,1H3,(H2,14,17,18);1H. The summed E-state index contributed by atoms with van der Waals surface area (Å²) in [5.41, 5.74) is 2.93. The Bertz CT molecular complexity index is 667. The molecule has 112 valence electrons. The first-order valence-corrected chi connectivity index (χ1v) is 8.01. The third-order valence-electron chi connectivity index (χ3n) is 3.02. The number of nitrogens with one attached hydrogen (secondary N) is 2. The van der Waals surface area contributed by atoms with Gasteiger partial charge in [0.2, 0.25) is 10.0 Å². The summed E-state index contributed by atoms with van der Waals surface area (Å²) in [6.45, 7) is 3.92. The predicted octanol–water partition coefficient (Wildman–Crippen LogP) is 1.53.